The molecule has 2 nitrogen and oxygen atoms in total. The highest BCUT2D eigenvalue weighted by atomic mass is 19.1. The van der Waals surface area contributed by atoms with Gasteiger partial charge in [0.1, 0.15) is 5.82 Å². The minimum absolute atomic E-state index is 0.0775. The van der Waals surface area contributed by atoms with E-state index >= 15 is 0 Å². The van der Waals surface area contributed by atoms with Crippen LogP contribution in [0.1, 0.15) is 12.5 Å². The molecule has 1 heterocycles. The van der Waals surface area contributed by atoms with Crippen LogP contribution in [0.15, 0.2) is 18.2 Å². The van der Waals surface area contributed by atoms with Crippen molar-refractivity contribution in [3.05, 3.63) is 29.6 Å². The zero-order valence-corrected chi connectivity index (χ0v) is 9.26. The molecule has 0 bridgehead atoms. The molecule has 82 valence electrons. The van der Waals surface area contributed by atoms with Gasteiger partial charge in [0, 0.05) is 25.7 Å². The number of halogens is 1. The molecule has 1 aliphatic rings. The first-order valence-electron chi connectivity index (χ1n) is 5.42. The van der Waals surface area contributed by atoms with Crippen LogP contribution in [0.3, 0.4) is 0 Å². The van der Waals surface area contributed by atoms with Crippen LogP contribution in [-0.2, 0) is 0 Å². The van der Waals surface area contributed by atoms with Gasteiger partial charge in [-0.15, -0.1) is 0 Å². The Morgan fingerprint density at radius 3 is 3.00 bits per heavy atom. The van der Waals surface area contributed by atoms with Gasteiger partial charge >= 0.3 is 0 Å². The molecule has 1 aromatic rings. The predicted octanol–water partition coefficient (Wildman–Crippen LogP) is 1.93. The van der Waals surface area contributed by atoms with Crippen LogP contribution in [0, 0.1) is 12.7 Å². The smallest absolute Gasteiger partial charge is 0.149 e. The molecule has 0 saturated carbocycles. The molecule has 1 fully saturated rings. The molecule has 2 rings (SSSR count). The minimum atomic E-state index is -0.0775. The Balaban J connectivity index is 2.31. The first kappa shape index (κ1) is 10.4. The normalized spacial score (nSPS) is 21.8. The second-order valence-electron chi connectivity index (χ2n) is 4.15. The molecule has 15 heavy (non-hydrogen) atoms. The quantitative estimate of drug-likeness (QED) is 0.758. The summed E-state index contributed by atoms with van der Waals surface area (Å²) in [6.07, 6.45) is 0. The summed E-state index contributed by atoms with van der Waals surface area (Å²) in [5.74, 6) is -0.0775. The van der Waals surface area contributed by atoms with Crippen LogP contribution in [0.4, 0.5) is 10.1 Å². The van der Waals surface area contributed by atoms with Gasteiger partial charge in [-0.1, -0.05) is 12.1 Å². The summed E-state index contributed by atoms with van der Waals surface area (Å²) in [6, 6.07) is 5.95. The molecule has 0 amide bonds. The summed E-state index contributed by atoms with van der Waals surface area (Å²) >= 11 is 0. The number of hydrogen-bond acceptors (Lipinski definition) is 2. The summed E-state index contributed by atoms with van der Waals surface area (Å²) in [5, 5.41) is 3.30. The third kappa shape index (κ3) is 1.97. The monoisotopic (exact) mass is 208 g/mol. The lowest BCUT2D eigenvalue weighted by Gasteiger charge is -2.36. The standard InChI is InChI=1S/C12H17FN2/c1-9-4-3-5-11(12(9)13)15-7-6-14-8-10(15)2/h3-5,10,14H,6-8H2,1-2H3/t10-/m0/s1. The van der Waals surface area contributed by atoms with Gasteiger partial charge < -0.3 is 10.2 Å². The molecule has 1 N–H and O–H groups in total. The second-order valence-corrected chi connectivity index (χ2v) is 4.15. The van der Waals surface area contributed by atoms with E-state index in [1.807, 2.05) is 25.1 Å². The number of anilines is 1. The summed E-state index contributed by atoms with van der Waals surface area (Å²) in [6.45, 7) is 6.66. The topological polar surface area (TPSA) is 15.3 Å². The molecule has 3 heteroatoms. The van der Waals surface area contributed by atoms with Crippen molar-refractivity contribution in [1.82, 2.24) is 5.32 Å². The highest BCUT2D eigenvalue weighted by molar-refractivity contribution is 5.51. The van der Waals surface area contributed by atoms with Crippen LogP contribution in [-0.4, -0.2) is 25.7 Å². The minimum Gasteiger partial charge on any atom is -0.364 e. The fourth-order valence-corrected chi connectivity index (χ4v) is 2.05. The van der Waals surface area contributed by atoms with Crippen LogP contribution in [0.5, 0.6) is 0 Å². The maximum absolute atomic E-state index is 13.9. The predicted molar refractivity (Wildman–Crippen MR) is 60.8 cm³/mol. The average Bonchev–Trinajstić information content (AvgIpc) is 2.23. The van der Waals surface area contributed by atoms with Gasteiger partial charge in [0.05, 0.1) is 5.69 Å². The number of hydrogen-bond donors (Lipinski definition) is 1. The van der Waals surface area contributed by atoms with Crippen molar-refractivity contribution in [2.24, 2.45) is 0 Å². The first-order valence-corrected chi connectivity index (χ1v) is 5.42. The average molecular weight is 208 g/mol. The van der Waals surface area contributed by atoms with Gasteiger partial charge in [-0.05, 0) is 25.5 Å². The van der Waals surface area contributed by atoms with E-state index in [2.05, 4.69) is 17.1 Å². The van der Waals surface area contributed by atoms with Crippen molar-refractivity contribution in [1.29, 1.82) is 0 Å². The number of benzene rings is 1. The van der Waals surface area contributed by atoms with Crippen molar-refractivity contribution >= 4 is 5.69 Å². The van der Waals surface area contributed by atoms with E-state index in [-0.39, 0.29) is 5.82 Å². The Kier molecular flexibility index (Phi) is 2.91. The SMILES string of the molecule is Cc1cccc(N2CCNC[C@@H]2C)c1F. The molecule has 0 aromatic heterocycles. The number of nitrogens with zero attached hydrogens (tertiary/aromatic N) is 1. The Bertz CT molecular complexity index is 351. The Hall–Kier alpha value is -1.09. The fraction of sp³-hybridized carbons (Fsp3) is 0.500. The molecule has 0 radical (unpaired) electrons. The molecular formula is C12H17FN2. The van der Waals surface area contributed by atoms with Gasteiger partial charge in [-0.2, -0.15) is 0 Å². The summed E-state index contributed by atoms with van der Waals surface area (Å²) in [4.78, 5) is 2.14. The van der Waals surface area contributed by atoms with Gasteiger partial charge in [0.15, 0.2) is 0 Å². The Morgan fingerprint density at radius 2 is 2.27 bits per heavy atom. The van der Waals surface area contributed by atoms with Crippen LogP contribution in [0.25, 0.3) is 0 Å². The number of piperazine rings is 1. The Labute approximate surface area is 90.1 Å². The van der Waals surface area contributed by atoms with Gasteiger partial charge in [-0.3, -0.25) is 0 Å². The van der Waals surface area contributed by atoms with Crippen molar-refractivity contribution < 1.29 is 4.39 Å². The third-order valence-electron chi connectivity index (χ3n) is 2.98. The van der Waals surface area contributed by atoms with E-state index in [0.717, 1.165) is 30.9 Å². The maximum atomic E-state index is 13.9. The highest BCUT2D eigenvalue weighted by Crippen LogP contribution is 2.24. The van der Waals surface area contributed by atoms with E-state index < -0.39 is 0 Å². The van der Waals surface area contributed by atoms with Crippen molar-refractivity contribution in [2.75, 3.05) is 24.5 Å². The van der Waals surface area contributed by atoms with E-state index in [1.54, 1.807) is 0 Å². The second kappa shape index (κ2) is 4.19. The fourth-order valence-electron chi connectivity index (χ4n) is 2.05. The van der Waals surface area contributed by atoms with E-state index in [0.29, 0.717) is 6.04 Å². The highest BCUT2D eigenvalue weighted by Gasteiger charge is 2.21. The molecule has 1 aromatic carbocycles. The van der Waals surface area contributed by atoms with Gasteiger partial charge in [0.25, 0.3) is 0 Å². The maximum Gasteiger partial charge on any atom is 0.149 e. The molecule has 1 aliphatic heterocycles. The Morgan fingerprint density at radius 1 is 1.47 bits per heavy atom. The molecule has 1 saturated heterocycles. The van der Waals surface area contributed by atoms with E-state index in [9.17, 15) is 4.39 Å². The van der Waals surface area contributed by atoms with Crippen LogP contribution >= 0.6 is 0 Å². The summed E-state index contributed by atoms with van der Waals surface area (Å²) < 4.78 is 13.9. The summed E-state index contributed by atoms with van der Waals surface area (Å²) in [7, 11) is 0. The molecule has 0 unspecified atom stereocenters. The molecule has 0 aliphatic carbocycles. The molecule has 1 atom stereocenters. The van der Waals surface area contributed by atoms with Crippen LogP contribution in [0.2, 0.25) is 0 Å². The van der Waals surface area contributed by atoms with E-state index in [4.69, 9.17) is 0 Å². The molecule has 0 spiro atoms. The lowest BCUT2D eigenvalue weighted by molar-refractivity contribution is 0.490. The van der Waals surface area contributed by atoms with Gasteiger partial charge in [0.2, 0.25) is 0 Å². The first-order chi connectivity index (χ1) is 7.20. The molecular weight excluding hydrogens is 191 g/mol. The lowest BCUT2D eigenvalue weighted by atomic mass is 10.1. The number of nitrogens with one attached hydrogen (secondary N) is 1. The largest absolute Gasteiger partial charge is 0.364 e. The zero-order valence-electron chi connectivity index (χ0n) is 9.26. The number of aryl methyl sites for hydroxylation is 1. The third-order valence-corrected chi connectivity index (χ3v) is 2.98. The number of rotatable bonds is 1. The summed E-state index contributed by atoms with van der Waals surface area (Å²) in [5.41, 5.74) is 1.46. The zero-order chi connectivity index (χ0) is 10.8. The van der Waals surface area contributed by atoms with Crippen molar-refractivity contribution in [2.45, 2.75) is 19.9 Å². The van der Waals surface area contributed by atoms with Crippen LogP contribution < -0.4 is 10.2 Å². The lowest BCUT2D eigenvalue weighted by Crippen LogP contribution is -2.50. The van der Waals surface area contributed by atoms with Crippen molar-refractivity contribution in [3.63, 3.8) is 0 Å². The van der Waals surface area contributed by atoms with Crippen molar-refractivity contribution in [3.8, 4) is 0 Å². The van der Waals surface area contributed by atoms with Gasteiger partial charge in [-0.25, -0.2) is 4.39 Å². The van der Waals surface area contributed by atoms with E-state index in [1.165, 1.54) is 0 Å².